The van der Waals surface area contributed by atoms with Gasteiger partial charge in [-0.3, -0.25) is 0 Å². The molecule has 0 aromatic rings. The van der Waals surface area contributed by atoms with Crippen LogP contribution in [0.3, 0.4) is 0 Å². The summed E-state index contributed by atoms with van der Waals surface area (Å²) in [7, 11) is 0. The first kappa shape index (κ1) is 25.2. The van der Waals surface area contributed by atoms with Crippen LogP contribution in [-0.4, -0.2) is 45.3 Å². The Labute approximate surface area is 207 Å². The Morgan fingerprint density at radius 1 is 0.794 bits per heavy atom. The summed E-state index contributed by atoms with van der Waals surface area (Å²) < 4.78 is 0. The van der Waals surface area contributed by atoms with E-state index in [-0.39, 0.29) is 45.7 Å². The number of hydrogen-bond acceptors (Lipinski definition) is 4. The predicted molar refractivity (Wildman–Crippen MR) is 135 cm³/mol. The van der Waals surface area contributed by atoms with Gasteiger partial charge < -0.3 is 20.4 Å². The van der Waals surface area contributed by atoms with E-state index in [9.17, 15) is 20.4 Å². The van der Waals surface area contributed by atoms with Crippen molar-refractivity contribution in [1.29, 1.82) is 0 Å². The Morgan fingerprint density at radius 3 is 2.09 bits per heavy atom. The molecule has 34 heavy (non-hydrogen) atoms. The van der Waals surface area contributed by atoms with Gasteiger partial charge in [0.1, 0.15) is 0 Å². The zero-order chi connectivity index (χ0) is 25.1. The van der Waals surface area contributed by atoms with Gasteiger partial charge in [-0.25, -0.2) is 0 Å². The standard InChI is InChI=1S/C30H50O4/c1-25(2)14-19-18-8-9-21-27(5)12-11-22(32)26(3,4)20(27)10-13-28(21,6)29(18,7)16-24(34)30(19,17-31)23(33)15-25/h8,19-24,31-34H,9-17H2,1-7H3/t19-,20+,21-,22-,23+,24-,27+,28-,29-,30-/m1/s1. The van der Waals surface area contributed by atoms with Crippen molar-refractivity contribution in [3.63, 3.8) is 0 Å². The molecule has 0 aromatic carbocycles. The van der Waals surface area contributed by atoms with Gasteiger partial charge in [0.2, 0.25) is 0 Å². The molecule has 0 aromatic heterocycles. The molecule has 4 nitrogen and oxygen atoms in total. The van der Waals surface area contributed by atoms with Crippen molar-refractivity contribution >= 4 is 0 Å². The highest BCUT2D eigenvalue weighted by atomic mass is 16.3. The fourth-order valence-electron chi connectivity index (χ4n) is 10.9. The minimum atomic E-state index is -0.845. The summed E-state index contributed by atoms with van der Waals surface area (Å²) >= 11 is 0. The number of hydrogen-bond donors (Lipinski definition) is 4. The molecule has 4 saturated carbocycles. The van der Waals surface area contributed by atoms with Crippen molar-refractivity contribution in [2.24, 2.45) is 50.2 Å². The largest absolute Gasteiger partial charge is 0.396 e. The summed E-state index contributed by atoms with van der Waals surface area (Å²) in [6.45, 7) is 16.2. The SMILES string of the molecule is CC1(C)C[C@@H]2C3=CC[C@@H]4[C@@]5(C)CC[C@@H](O)C(C)(C)[C@@H]5CC[C@@]4(C)[C@]3(C)C[C@@H](O)[C@@]2(CO)[C@@H](O)C1. The molecule has 4 fully saturated rings. The lowest BCUT2D eigenvalue weighted by molar-refractivity contribution is -0.235. The van der Waals surface area contributed by atoms with E-state index in [0.29, 0.717) is 24.7 Å². The van der Waals surface area contributed by atoms with Crippen molar-refractivity contribution in [2.45, 2.75) is 118 Å². The van der Waals surface area contributed by atoms with E-state index in [2.05, 4.69) is 54.5 Å². The lowest BCUT2D eigenvalue weighted by atomic mass is 9.33. The van der Waals surface area contributed by atoms with Gasteiger partial charge in [-0.1, -0.05) is 60.1 Å². The highest BCUT2D eigenvalue weighted by Gasteiger charge is 2.70. The second-order valence-electron chi connectivity index (χ2n) is 15.3. The summed E-state index contributed by atoms with van der Waals surface area (Å²) in [5.41, 5.74) is 0.539. The third-order valence-electron chi connectivity index (χ3n) is 13.1. The Kier molecular flexibility index (Phi) is 5.44. The first-order valence-corrected chi connectivity index (χ1v) is 14.0. The van der Waals surface area contributed by atoms with E-state index in [4.69, 9.17) is 0 Å². The summed E-state index contributed by atoms with van der Waals surface area (Å²) in [5, 5.41) is 44.6. The maximum Gasteiger partial charge on any atom is 0.0657 e. The number of aliphatic hydroxyl groups is 4. The van der Waals surface area contributed by atoms with Crippen LogP contribution in [0.5, 0.6) is 0 Å². The van der Waals surface area contributed by atoms with Crippen molar-refractivity contribution < 1.29 is 20.4 Å². The van der Waals surface area contributed by atoms with Gasteiger partial charge in [0, 0.05) is 0 Å². The highest BCUT2D eigenvalue weighted by Crippen LogP contribution is 2.75. The van der Waals surface area contributed by atoms with Gasteiger partial charge in [-0.2, -0.15) is 0 Å². The number of allylic oxidation sites excluding steroid dienone is 2. The summed E-state index contributed by atoms with van der Waals surface area (Å²) in [6, 6.07) is 0. The molecule has 0 radical (unpaired) electrons. The average Bonchev–Trinajstić information content (AvgIpc) is 2.71. The van der Waals surface area contributed by atoms with Crippen LogP contribution in [0.2, 0.25) is 0 Å². The highest BCUT2D eigenvalue weighted by molar-refractivity contribution is 5.35. The molecule has 5 aliphatic rings. The fraction of sp³-hybridized carbons (Fsp3) is 0.933. The molecule has 0 amide bonds. The molecule has 4 N–H and O–H groups in total. The van der Waals surface area contributed by atoms with Crippen LogP contribution >= 0.6 is 0 Å². The van der Waals surface area contributed by atoms with Crippen molar-refractivity contribution in [2.75, 3.05) is 6.61 Å². The molecule has 10 atom stereocenters. The average molecular weight is 475 g/mol. The first-order valence-electron chi connectivity index (χ1n) is 14.0. The Hall–Kier alpha value is -0.420. The van der Waals surface area contributed by atoms with Crippen molar-refractivity contribution in [1.82, 2.24) is 0 Å². The van der Waals surface area contributed by atoms with E-state index in [0.717, 1.165) is 38.5 Å². The molecular weight excluding hydrogens is 424 g/mol. The normalized spacial score (nSPS) is 55.8. The third kappa shape index (κ3) is 2.86. The second kappa shape index (κ2) is 7.33. The van der Waals surface area contributed by atoms with Gasteiger partial charge in [-0.15, -0.1) is 0 Å². The molecule has 0 bridgehead atoms. The maximum absolute atomic E-state index is 11.7. The van der Waals surface area contributed by atoms with Crippen molar-refractivity contribution in [3.8, 4) is 0 Å². The van der Waals surface area contributed by atoms with E-state index >= 15 is 0 Å². The predicted octanol–water partition coefficient (Wildman–Crippen LogP) is 5.08. The van der Waals surface area contributed by atoms with Crippen LogP contribution in [0, 0.1) is 50.2 Å². The lowest BCUT2D eigenvalue weighted by Crippen LogP contribution is -2.69. The molecule has 194 valence electrons. The first-order chi connectivity index (χ1) is 15.6. The van der Waals surface area contributed by atoms with E-state index in [1.807, 2.05) is 0 Å². The van der Waals surface area contributed by atoms with E-state index in [1.165, 1.54) is 5.57 Å². The van der Waals surface area contributed by atoms with Gasteiger partial charge in [-0.05, 0) is 96.2 Å². The van der Waals surface area contributed by atoms with E-state index < -0.39 is 17.6 Å². The lowest BCUT2D eigenvalue weighted by Gasteiger charge is -2.72. The Morgan fingerprint density at radius 2 is 1.44 bits per heavy atom. The maximum atomic E-state index is 11.7. The van der Waals surface area contributed by atoms with Gasteiger partial charge >= 0.3 is 0 Å². The number of fused-ring (bicyclic) bond motifs is 7. The Balaban J connectivity index is 1.62. The van der Waals surface area contributed by atoms with E-state index in [1.54, 1.807) is 0 Å². The smallest absolute Gasteiger partial charge is 0.0657 e. The van der Waals surface area contributed by atoms with Crippen LogP contribution in [0.1, 0.15) is 99.8 Å². The van der Waals surface area contributed by atoms with Gasteiger partial charge in [0.15, 0.2) is 0 Å². The van der Waals surface area contributed by atoms with Crippen LogP contribution in [0.25, 0.3) is 0 Å². The monoisotopic (exact) mass is 474 g/mol. The molecule has 0 spiro atoms. The van der Waals surface area contributed by atoms with Crippen LogP contribution in [0.4, 0.5) is 0 Å². The third-order valence-corrected chi connectivity index (χ3v) is 13.1. The van der Waals surface area contributed by atoms with Crippen molar-refractivity contribution in [3.05, 3.63) is 11.6 Å². The van der Waals surface area contributed by atoms with Gasteiger partial charge in [0.05, 0.1) is 30.3 Å². The molecule has 5 aliphatic carbocycles. The number of aliphatic hydroxyl groups excluding tert-OH is 4. The minimum Gasteiger partial charge on any atom is -0.396 e. The molecule has 0 saturated heterocycles. The topological polar surface area (TPSA) is 80.9 Å². The molecule has 0 heterocycles. The molecule has 4 heteroatoms. The molecule has 0 aliphatic heterocycles. The fourth-order valence-corrected chi connectivity index (χ4v) is 10.9. The summed E-state index contributed by atoms with van der Waals surface area (Å²) in [5.74, 6) is 1.02. The minimum absolute atomic E-state index is 0.0120. The zero-order valence-corrected chi connectivity index (χ0v) is 22.7. The zero-order valence-electron chi connectivity index (χ0n) is 22.7. The quantitative estimate of drug-likeness (QED) is 0.399. The number of rotatable bonds is 1. The second-order valence-corrected chi connectivity index (χ2v) is 15.3. The summed E-state index contributed by atoms with van der Waals surface area (Å²) in [6.07, 6.45) is 8.23. The molecular formula is C30H50O4. The Bertz CT molecular complexity index is 877. The van der Waals surface area contributed by atoms with Crippen LogP contribution in [-0.2, 0) is 0 Å². The van der Waals surface area contributed by atoms with Gasteiger partial charge in [0.25, 0.3) is 0 Å². The molecule has 5 rings (SSSR count). The molecule has 0 unspecified atom stereocenters. The van der Waals surface area contributed by atoms with Crippen LogP contribution < -0.4 is 0 Å². The summed E-state index contributed by atoms with van der Waals surface area (Å²) in [4.78, 5) is 0. The van der Waals surface area contributed by atoms with Crippen LogP contribution in [0.15, 0.2) is 11.6 Å².